The van der Waals surface area contributed by atoms with E-state index in [0.29, 0.717) is 12.2 Å². The van der Waals surface area contributed by atoms with E-state index in [1.807, 2.05) is 30.3 Å². The van der Waals surface area contributed by atoms with E-state index in [-0.39, 0.29) is 27.9 Å². The van der Waals surface area contributed by atoms with Crippen LogP contribution in [-0.2, 0) is 6.42 Å². The van der Waals surface area contributed by atoms with Gasteiger partial charge in [-0.1, -0.05) is 30.3 Å². The lowest BCUT2D eigenvalue weighted by molar-refractivity contribution is 0.346. The summed E-state index contributed by atoms with van der Waals surface area (Å²) in [4.78, 5) is 12.2. The second-order valence-electron chi connectivity index (χ2n) is 4.89. The third-order valence-corrected chi connectivity index (χ3v) is 3.40. The fourth-order valence-corrected chi connectivity index (χ4v) is 2.41. The summed E-state index contributed by atoms with van der Waals surface area (Å²) >= 11 is 0. The molecule has 1 aromatic heterocycles. The van der Waals surface area contributed by atoms with Crippen LogP contribution < -0.4 is 10.2 Å². The highest BCUT2D eigenvalue weighted by molar-refractivity contribution is 5.88. The van der Waals surface area contributed by atoms with Crippen molar-refractivity contribution in [3.8, 4) is 17.2 Å². The lowest BCUT2D eigenvalue weighted by Crippen LogP contribution is -2.04. The van der Waals surface area contributed by atoms with E-state index in [0.717, 1.165) is 5.56 Å². The average Bonchev–Trinajstić information content (AvgIpc) is 2.47. The molecule has 0 radical (unpaired) electrons. The van der Waals surface area contributed by atoms with E-state index in [4.69, 9.17) is 9.15 Å². The van der Waals surface area contributed by atoms with Crippen LogP contribution in [0.3, 0.4) is 0 Å². The summed E-state index contributed by atoms with van der Waals surface area (Å²) < 4.78 is 10.5. The van der Waals surface area contributed by atoms with Crippen LogP contribution in [0.4, 0.5) is 0 Å². The number of methoxy groups -OCH3 is 1. The summed E-state index contributed by atoms with van der Waals surface area (Å²) in [7, 11) is 1.30. The third-order valence-electron chi connectivity index (χ3n) is 3.40. The van der Waals surface area contributed by atoms with Crippen molar-refractivity contribution in [2.75, 3.05) is 7.11 Å². The molecule has 3 aromatic rings. The van der Waals surface area contributed by atoms with Gasteiger partial charge in [-0.2, -0.15) is 0 Å². The van der Waals surface area contributed by atoms with Gasteiger partial charge in [0.2, 0.25) is 5.75 Å². The van der Waals surface area contributed by atoms with Crippen LogP contribution in [0.5, 0.6) is 17.2 Å². The third kappa shape index (κ3) is 2.37. The minimum absolute atomic E-state index is 0.00791. The Balaban J connectivity index is 2.15. The van der Waals surface area contributed by atoms with Crippen molar-refractivity contribution in [2.24, 2.45) is 0 Å². The Kier molecular flexibility index (Phi) is 3.47. The van der Waals surface area contributed by atoms with Crippen LogP contribution >= 0.6 is 0 Å². The number of fused-ring (bicyclic) bond motifs is 1. The average molecular weight is 298 g/mol. The van der Waals surface area contributed by atoms with Crippen LogP contribution in [-0.4, -0.2) is 17.3 Å². The Morgan fingerprint density at radius 2 is 1.86 bits per heavy atom. The molecule has 3 rings (SSSR count). The number of hydrogen-bond acceptors (Lipinski definition) is 5. The van der Waals surface area contributed by atoms with Crippen molar-refractivity contribution in [2.45, 2.75) is 6.42 Å². The molecule has 1 heterocycles. The topological polar surface area (TPSA) is 79.9 Å². The van der Waals surface area contributed by atoms with Gasteiger partial charge in [0, 0.05) is 18.6 Å². The largest absolute Gasteiger partial charge is 0.504 e. The molecule has 5 nitrogen and oxygen atoms in total. The first-order valence-corrected chi connectivity index (χ1v) is 6.69. The fourth-order valence-electron chi connectivity index (χ4n) is 2.41. The molecule has 112 valence electrons. The fraction of sp³-hybridized carbons (Fsp3) is 0.118. The molecule has 0 saturated heterocycles. The van der Waals surface area contributed by atoms with Crippen molar-refractivity contribution in [1.29, 1.82) is 0 Å². The van der Waals surface area contributed by atoms with Gasteiger partial charge in [0.1, 0.15) is 16.7 Å². The Bertz CT molecular complexity index is 881. The molecule has 22 heavy (non-hydrogen) atoms. The molecule has 0 atom stereocenters. The lowest BCUT2D eigenvalue weighted by atomic mass is 10.1. The van der Waals surface area contributed by atoms with Gasteiger partial charge in [-0.25, -0.2) is 0 Å². The van der Waals surface area contributed by atoms with Crippen LogP contribution in [0.15, 0.2) is 51.7 Å². The molecule has 0 spiro atoms. The van der Waals surface area contributed by atoms with Crippen LogP contribution in [0.2, 0.25) is 0 Å². The second kappa shape index (κ2) is 5.44. The normalized spacial score (nSPS) is 10.8. The van der Waals surface area contributed by atoms with Crippen LogP contribution in [0.25, 0.3) is 11.0 Å². The molecule has 2 aromatic carbocycles. The molecule has 0 unspecified atom stereocenters. The van der Waals surface area contributed by atoms with Crippen molar-refractivity contribution >= 4 is 11.0 Å². The number of aromatic hydroxyl groups is 2. The van der Waals surface area contributed by atoms with E-state index in [1.165, 1.54) is 19.2 Å². The number of phenolic OH excluding ortho intramolecular Hbond substituents is 2. The van der Waals surface area contributed by atoms with Gasteiger partial charge in [0.25, 0.3) is 0 Å². The van der Waals surface area contributed by atoms with Crippen molar-refractivity contribution in [3.05, 3.63) is 64.0 Å². The first-order valence-electron chi connectivity index (χ1n) is 6.69. The molecule has 0 saturated carbocycles. The predicted molar refractivity (Wildman–Crippen MR) is 81.6 cm³/mol. The van der Waals surface area contributed by atoms with E-state index in [2.05, 4.69) is 0 Å². The second-order valence-corrected chi connectivity index (χ2v) is 4.89. The van der Waals surface area contributed by atoms with E-state index >= 15 is 0 Å². The van der Waals surface area contributed by atoms with Crippen LogP contribution in [0, 0.1) is 0 Å². The summed E-state index contributed by atoms with van der Waals surface area (Å²) in [6.07, 6.45) is 0.444. The molecule has 0 aliphatic rings. The van der Waals surface area contributed by atoms with E-state index in [1.54, 1.807) is 0 Å². The van der Waals surface area contributed by atoms with Gasteiger partial charge in [-0.15, -0.1) is 0 Å². The first kappa shape index (κ1) is 14.0. The monoisotopic (exact) mass is 298 g/mol. The summed E-state index contributed by atoms with van der Waals surface area (Å²) in [5.41, 5.74) is 0.726. The smallest absolute Gasteiger partial charge is 0.203 e. The maximum atomic E-state index is 12.2. The number of phenols is 2. The molecule has 5 heteroatoms. The number of rotatable bonds is 3. The lowest BCUT2D eigenvalue weighted by Gasteiger charge is -2.09. The quantitative estimate of drug-likeness (QED) is 0.777. The highest BCUT2D eigenvalue weighted by Gasteiger charge is 2.18. The minimum atomic E-state index is -0.419. The molecule has 0 amide bonds. The summed E-state index contributed by atoms with van der Waals surface area (Å²) in [6.45, 7) is 0. The van der Waals surface area contributed by atoms with Crippen molar-refractivity contribution < 1.29 is 19.4 Å². The standard InChI is InChI=1S/C17H14O5/c1-21-17-13(19)9-14-15(16(17)20)12(18)8-11(22-14)7-10-5-3-2-4-6-10/h2-6,8-9,19-20H,7H2,1H3. The zero-order valence-corrected chi connectivity index (χ0v) is 11.9. The first-order chi connectivity index (χ1) is 10.6. The Morgan fingerprint density at radius 3 is 2.55 bits per heavy atom. The van der Waals surface area contributed by atoms with E-state index < -0.39 is 5.75 Å². The highest BCUT2D eigenvalue weighted by Crippen LogP contribution is 2.40. The minimum Gasteiger partial charge on any atom is -0.504 e. The molecule has 0 fully saturated rings. The number of hydrogen-bond donors (Lipinski definition) is 2. The van der Waals surface area contributed by atoms with Crippen LogP contribution in [0.1, 0.15) is 11.3 Å². The Morgan fingerprint density at radius 1 is 1.14 bits per heavy atom. The number of benzene rings is 2. The van der Waals surface area contributed by atoms with Crippen molar-refractivity contribution in [3.63, 3.8) is 0 Å². The SMILES string of the molecule is COc1c(O)cc2oc(Cc3ccccc3)cc(=O)c2c1O. The van der Waals surface area contributed by atoms with E-state index in [9.17, 15) is 15.0 Å². The summed E-state index contributed by atoms with van der Waals surface area (Å²) in [6, 6.07) is 12.2. The molecular formula is C17H14O5. The van der Waals surface area contributed by atoms with Gasteiger partial charge in [-0.05, 0) is 5.56 Å². The Hall–Kier alpha value is -2.95. The summed E-state index contributed by atoms with van der Waals surface area (Å²) in [5, 5.41) is 19.9. The van der Waals surface area contributed by atoms with Crippen molar-refractivity contribution in [1.82, 2.24) is 0 Å². The van der Waals surface area contributed by atoms with Gasteiger partial charge in [0.15, 0.2) is 16.9 Å². The zero-order valence-electron chi connectivity index (χ0n) is 11.9. The molecule has 2 N–H and O–H groups in total. The zero-order chi connectivity index (χ0) is 15.7. The summed E-state index contributed by atoms with van der Waals surface area (Å²) in [5.74, 6) is -0.395. The maximum absolute atomic E-state index is 12.2. The predicted octanol–water partition coefficient (Wildman–Crippen LogP) is 2.80. The number of ether oxygens (including phenoxy) is 1. The highest BCUT2D eigenvalue weighted by atomic mass is 16.5. The van der Waals surface area contributed by atoms with Gasteiger partial charge in [-0.3, -0.25) is 4.79 Å². The van der Waals surface area contributed by atoms with Gasteiger partial charge in [0.05, 0.1) is 7.11 Å². The molecule has 0 aliphatic carbocycles. The molecule has 0 bridgehead atoms. The molecular weight excluding hydrogens is 284 g/mol. The van der Waals surface area contributed by atoms with Gasteiger partial charge >= 0.3 is 0 Å². The molecule has 0 aliphatic heterocycles. The maximum Gasteiger partial charge on any atom is 0.203 e. The Labute approximate surface area is 126 Å². The van der Waals surface area contributed by atoms with Gasteiger partial charge < -0.3 is 19.4 Å².